The number of hydrogen-bond donors (Lipinski definition) is 4. The molecule has 1 amide bonds. The predicted octanol–water partition coefficient (Wildman–Crippen LogP) is 1.27. The van der Waals surface area contributed by atoms with Crippen LogP contribution in [0.4, 0.5) is 5.69 Å². The number of benzene rings is 1. The third-order valence-corrected chi connectivity index (χ3v) is 5.83. The summed E-state index contributed by atoms with van der Waals surface area (Å²) in [7, 11) is 0. The molecular weight excluding hydrogens is 398 g/mol. The molecule has 1 saturated heterocycles. The van der Waals surface area contributed by atoms with Gasteiger partial charge in [-0.25, -0.2) is 0 Å². The number of aliphatic hydroxyl groups is 2. The molecule has 8 nitrogen and oxygen atoms in total. The van der Waals surface area contributed by atoms with Crippen LogP contribution in [0.15, 0.2) is 6.07 Å². The Kier molecular flexibility index (Phi) is 7.83. The fourth-order valence-electron chi connectivity index (χ4n) is 3.74. The summed E-state index contributed by atoms with van der Waals surface area (Å²) in [6.45, 7) is 3.74. The highest BCUT2D eigenvalue weighted by molar-refractivity contribution is 6.35. The molecule has 0 saturated carbocycles. The standard InChI is InChI=1S/C20H30ClN3O5/c21-17-15(22)10-14(18-19(17)29-9-3-8-28-18)20(27)23-11-13-4-6-24(12-16(13)26)5-1-2-7-25/h10,13,16,25-26H,1-9,11-12,22H2,(H,23,27)/t13-,16?/m0/s1. The maximum Gasteiger partial charge on any atom is 0.255 e. The van der Waals surface area contributed by atoms with Gasteiger partial charge in [-0.1, -0.05) is 11.6 Å². The molecule has 1 aromatic rings. The molecule has 0 aromatic heterocycles. The van der Waals surface area contributed by atoms with Crippen molar-refractivity contribution in [2.45, 2.75) is 31.8 Å². The number of piperidine rings is 1. The van der Waals surface area contributed by atoms with E-state index in [1.807, 2.05) is 0 Å². The normalized spacial score (nSPS) is 22.2. The van der Waals surface area contributed by atoms with Gasteiger partial charge in [0.05, 0.1) is 30.6 Å². The number of nitrogens with one attached hydrogen (secondary N) is 1. The zero-order valence-corrected chi connectivity index (χ0v) is 17.3. The number of unbranched alkanes of at least 4 members (excludes halogenated alkanes) is 1. The molecule has 1 unspecified atom stereocenters. The highest BCUT2D eigenvalue weighted by Crippen LogP contribution is 2.43. The molecule has 1 fully saturated rings. The van der Waals surface area contributed by atoms with Gasteiger partial charge in [0.1, 0.15) is 5.02 Å². The molecule has 0 bridgehead atoms. The minimum absolute atomic E-state index is 0.0199. The van der Waals surface area contributed by atoms with E-state index < -0.39 is 6.10 Å². The molecule has 1 aromatic carbocycles. The van der Waals surface area contributed by atoms with Crippen LogP contribution in [0.2, 0.25) is 5.02 Å². The van der Waals surface area contributed by atoms with Crippen molar-refractivity contribution in [3.63, 3.8) is 0 Å². The number of likely N-dealkylation sites (tertiary alicyclic amines) is 1. The first-order chi connectivity index (χ1) is 14.0. The van der Waals surface area contributed by atoms with Gasteiger partial charge >= 0.3 is 0 Å². The highest BCUT2D eigenvalue weighted by Gasteiger charge is 2.29. The number of ether oxygens (including phenoxy) is 2. The quantitative estimate of drug-likeness (QED) is 0.382. The van der Waals surface area contributed by atoms with Crippen molar-refractivity contribution in [2.24, 2.45) is 5.92 Å². The predicted molar refractivity (Wildman–Crippen MR) is 111 cm³/mol. The van der Waals surface area contributed by atoms with Crippen LogP contribution in [0.5, 0.6) is 11.5 Å². The van der Waals surface area contributed by atoms with E-state index in [-0.39, 0.29) is 29.1 Å². The smallest absolute Gasteiger partial charge is 0.255 e. The lowest BCUT2D eigenvalue weighted by Gasteiger charge is -2.36. The lowest BCUT2D eigenvalue weighted by molar-refractivity contribution is 0.0212. The Morgan fingerprint density at radius 1 is 1.31 bits per heavy atom. The molecule has 162 valence electrons. The zero-order valence-electron chi connectivity index (χ0n) is 16.5. The first-order valence-electron chi connectivity index (χ1n) is 10.2. The summed E-state index contributed by atoms with van der Waals surface area (Å²) in [5.41, 5.74) is 6.50. The van der Waals surface area contributed by atoms with Crippen LogP contribution < -0.4 is 20.5 Å². The van der Waals surface area contributed by atoms with Gasteiger partial charge in [0.2, 0.25) is 0 Å². The molecule has 29 heavy (non-hydrogen) atoms. The molecule has 9 heteroatoms. The molecule has 2 heterocycles. The second kappa shape index (κ2) is 10.3. The Morgan fingerprint density at radius 3 is 2.79 bits per heavy atom. The van der Waals surface area contributed by atoms with E-state index in [4.69, 9.17) is 31.9 Å². The van der Waals surface area contributed by atoms with E-state index in [1.165, 1.54) is 6.07 Å². The number of nitrogen functional groups attached to an aromatic ring is 1. The number of halogens is 1. The number of fused-ring (bicyclic) bond motifs is 1. The van der Waals surface area contributed by atoms with Gasteiger partial charge < -0.3 is 35.6 Å². The average molecular weight is 428 g/mol. The molecule has 2 aliphatic heterocycles. The second-order valence-corrected chi connectivity index (χ2v) is 7.97. The van der Waals surface area contributed by atoms with Crippen LogP contribution in [0.25, 0.3) is 0 Å². The average Bonchev–Trinajstić information content (AvgIpc) is 2.96. The summed E-state index contributed by atoms with van der Waals surface area (Å²) in [6, 6.07) is 1.51. The Hall–Kier alpha value is -1.74. The van der Waals surface area contributed by atoms with Gasteiger partial charge in [-0.15, -0.1) is 0 Å². The van der Waals surface area contributed by atoms with E-state index in [0.717, 1.165) is 32.4 Å². The summed E-state index contributed by atoms with van der Waals surface area (Å²) in [4.78, 5) is 15.0. The minimum atomic E-state index is -0.509. The number of β-amino-alcohol motifs (C(OH)–C–C–N with tert-alkyl or cyclic N) is 1. The number of carbonyl (C=O) groups is 1. The third-order valence-electron chi connectivity index (χ3n) is 5.44. The van der Waals surface area contributed by atoms with E-state index in [1.54, 1.807) is 0 Å². The summed E-state index contributed by atoms with van der Waals surface area (Å²) in [5.74, 6) is 0.283. The molecular formula is C20H30ClN3O5. The van der Waals surface area contributed by atoms with E-state index in [0.29, 0.717) is 49.8 Å². The lowest BCUT2D eigenvalue weighted by atomic mass is 9.93. The van der Waals surface area contributed by atoms with Gasteiger partial charge in [-0.3, -0.25) is 4.79 Å². The number of aliphatic hydroxyl groups excluding tert-OH is 2. The Balaban J connectivity index is 1.60. The van der Waals surface area contributed by atoms with E-state index >= 15 is 0 Å². The summed E-state index contributed by atoms with van der Waals surface area (Å²) < 4.78 is 11.3. The first-order valence-corrected chi connectivity index (χ1v) is 10.6. The highest BCUT2D eigenvalue weighted by atomic mass is 35.5. The monoisotopic (exact) mass is 427 g/mol. The largest absolute Gasteiger partial charge is 0.489 e. The lowest BCUT2D eigenvalue weighted by Crippen LogP contribution is -2.47. The van der Waals surface area contributed by atoms with Crippen molar-refractivity contribution in [1.29, 1.82) is 0 Å². The molecule has 5 N–H and O–H groups in total. The number of nitrogens with zero attached hydrogens (tertiary/aromatic N) is 1. The van der Waals surface area contributed by atoms with Crippen LogP contribution in [-0.4, -0.2) is 73.1 Å². The van der Waals surface area contributed by atoms with Gasteiger partial charge in [0.15, 0.2) is 11.5 Å². The van der Waals surface area contributed by atoms with Crippen LogP contribution in [0.3, 0.4) is 0 Å². The molecule has 0 radical (unpaired) electrons. The van der Waals surface area contributed by atoms with Crippen molar-refractivity contribution in [1.82, 2.24) is 10.2 Å². The number of rotatable bonds is 7. The van der Waals surface area contributed by atoms with Gasteiger partial charge in [0.25, 0.3) is 5.91 Å². The number of hydrogen-bond acceptors (Lipinski definition) is 7. The van der Waals surface area contributed by atoms with Crippen molar-refractivity contribution < 1.29 is 24.5 Å². The molecule has 2 aliphatic rings. The first kappa shape index (κ1) is 22.0. The van der Waals surface area contributed by atoms with Crippen LogP contribution in [0, 0.1) is 5.92 Å². The maximum atomic E-state index is 12.8. The van der Waals surface area contributed by atoms with Crippen LogP contribution in [0.1, 0.15) is 36.0 Å². The number of anilines is 1. The molecule has 3 rings (SSSR count). The Morgan fingerprint density at radius 2 is 2.07 bits per heavy atom. The van der Waals surface area contributed by atoms with Gasteiger partial charge in [-0.05, 0) is 38.4 Å². The summed E-state index contributed by atoms with van der Waals surface area (Å²) in [5, 5.41) is 22.5. The SMILES string of the molecule is Nc1cc(C(=O)NC[C@@H]2CCN(CCCCO)CC2O)c2c(c1Cl)OCCCO2. The third kappa shape index (κ3) is 5.45. The maximum absolute atomic E-state index is 12.8. The molecule has 2 atom stereocenters. The number of carbonyl (C=O) groups excluding carboxylic acids is 1. The van der Waals surface area contributed by atoms with Crippen LogP contribution >= 0.6 is 11.6 Å². The van der Waals surface area contributed by atoms with Gasteiger partial charge in [0, 0.05) is 32.0 Å². The van der Waals surface area contributed by atoms with Crippen molar-refractivity contribution in [3.05, 3.63) is 16.7 Å². The zero-order chi connectivity index (χ0) is 20.8. The fraction of sp³-hybridized carbons (Fsp3) is 0.650. The van der Waals surface area contributed by atoms with Crippen LogP contribution in [-0.2, 0) is 0 Å². The topological polar surface area (TPSA) is 117 Å². The number of amides is 1. The van der Waals surface area contributed by atoms with Gasteiger partial charge in [-0.2, -0.15) is 0 Å². The molecule has 0 spiro atoms. The van der Waals surface area contributed by atoms with Crippen molar-refractivity contribution >= 4 is 23.2 Å². The Bertz CT molecular complexity index is 718. The van der Waals surface area contributed by atoms with E-state index in [9.17, 15) is 9.90 Å². The second-order valence-electron chi connectivity index (χ2n) is 7.59. The molecule has 0 aliphatic carbocycles. The number of nitrogens with two attached hydrogens (primary N) is 1. The summed E-state index contributed by atoms with van der Waals surface area (Å²) in [6.07, 6.45) is 2.66. The summed E-state index contributed by atoms with van der Waals surface area (Å²) >= 11 is 6.22. The van der Waals surface area contributed by atoms with Crippen molar-refractivity contribution in [2.75, 3.05) is 51.7 Å². The fourth-order valence-corrected chi connectivity index (χ4v) is 3.93. The van der Waals surface area contributed by atoms with E-state index in [2.05, 4.69) is 10.2 Å². The van der Waals surface area contributed by atoms with Crippen molar-refractivity contribution in [3.8, 4) is 11.5 Å². The minimum Gasteiger partial charge on any atom is -0.489 e. The Labute approximate surface area is 175 Å².